The van der Waals surface area contributed by atoms with Gasteiger partial charge in [-0.1, -0.05) is 21.8 Å². The second-order valence-corrected chi connectivity index (χ2v) is 2.11. The summed E-state index contributed by atoms with van der Waals surface area (Å²) in [6.45, 7) is 8.08. The maximum Gasteiger partial charge on any atom is 2.00 e. The first-order valence-electron chi connectivity index (χ1n) is 4.12. The fourth-order valence-electron chi connectivity index (χ4n) is 0.249. The summed E-state index contributed by atoms with van der Waals surface area (Å²) in [6, 6.07) is 0. The van der Waals surface area contributed by atoms with Crippen molar-refractivity contribution in [2.24, 2.45) is 11.5 Å². The Labute approximate surface area is 137 Å². The SMILES string of the molecule is C.C.CC(N)=O.CCN.CCNC(C)=O.N.[Ca+2]. The van der Waals surface area contributed by atoms with Crippen molar-refractivity contribution < 1.29 is 9.59 Å². The molecular weight excluding hydrogens is 248 g/mol. The molecule has 0 bridgehead atoms. The van der Waals surface area contributed by atoms with E-state index >= 15 is 0 Å². The van der Waals surface area contributed by atoms with Crippen molar-refractivity contribution in [1.82, 2.24) is 11.5 Å². The largest absolute Gasteiger partial charge is 2.00 e. The third-order valence-electron chi connectivity index (χ3n) is 0.426. The van der Waals surface area contributed by atoms with Crippen molar-refractivity contribution in [3.05, 3.63) is 0 Å². The quantitative estimate of drug-likeness (QED) is 0.525. The second-order valence-electron chi connectivity index (χ2n) is 2.11. The molecule has 0 spiro atoms. The van der Waals surface area contributed by atoms with Gasteiger partial charge in [0.25, 0.3) is 0 Å². The number of carbonyl (C=O) groups is 2. The topological polar surface area (TPSA) is 133 Å². The van der Waals surface area contributed by atoms with E-state index in [2.05, 4.69) is 11.1 Å². The van der Waals surface area contributed by atoms with Gasteiger partial charge in [-0.05, 0) is 13.5 Å². The summed E-state index contributed by atoms with van der Waals surface area (Å²) in [5.41, 5.74) is 9.32. The summed E-state index contributed by atoms with van der Waals surface area (Å²) in [6.07, 6.45) is 0. The van der Waals surface area contributed by atoms with Crippen LogP contribution in [0.2, 0.25) is 0 Å². The molecule has 0 radical (unpaired) electrons. The van der Waals surface area contributed by atoms with Crippen LogP contribution in [0.4, 0.5) is 0 Å². The Kier molecular flexibility index (Phi) is 113. The van der Waals surface area contributed by atoms with Crippen molar-refractivity contribution in [3.8, 4) is 0 Å². The van der Waals surface area contributed by atoms with E-state index in [1.165, 1.54) is 13.8 Å². The van der Waals surface area contributed by atoms with Crippen LogP contribution >= 0.6 is 0 Å². The number of hydrogen-bond donors (Lipinski definition) is 4. The number of nitrogens with one attached hydrogen (secondary N) is 1. The van der Waals surface area contributed by atoms with Gasteiger partial charge in [0, 0.05) is 20.4 Å². The number of carbonyl (C=O) groups excluding carboxylic acids is 2. The van der Waals surface area contributed by atoms with Gasteiger partial charge in [0.05, 0.1) is 0 Å². The van der Waals surface area contributed by atoms with Crippen LogP contribution in [0.25, 0.3) is 0 Å². The first-order valence-corrected chi connectivity index (χ1v) is 4.12. The third kappa shape index (κ3) is 330. The zero-order chi connectivity index (χ0) is 11.3. The van der Waals surface area contributed by atoms with Gasteiger partial charge < -0.3 is 22.9 Å². The van der Waals surface area contributed by atoms with Gasteiger partial charge in [0.2, 0.25) is 11.8 Å². The average molecular weight is 280 g/mol. The van der Waals surface area contributed by atoms with Crippen LogP contribution in [0.1, 0.15) is 42.5 Å². The molecule has 0 heterocycles. The van der Waals surface area contributed by atoms with Gasteiger partial charge in [-0.3, -0.25) is 9.59 Å². The predicted octanol–water partition coefficient (Wildman–Crippen LogP) is 0.652. The molecule has 2 amide bonds. The molecule has 0 atom stereocenters. The Morgan fingerprint density at radius 1 is 1.12 bits per heavy atom. The zero-order valence-corrected chi connectivity index (χ0v) is 12.5. The maximum atomic E-state index is 9.93. The van der Waals surface area contributed by atoms with Crippen molar-refractivity contribution in [2.75, 3.05) is 13.1 Å². The fourth-order valence-corrected chi connectivity index (χ4v) is 0.249. The molecule has 0 aliphatic heterocycles. The molecule has 104 valence electrons. The van der Waals surface area contributed by atoms with E-state index in [1.807, 2.05) is 13.8 Å². The molecule has 0 saturated carbocycles. The Bertz CT molecular complexity index is 131. The van der Waals surface area contributed by atoms with Crippen LogP contribution < -0.4 is 22.9 Å². The summed E-state index contributed by atoms with van der Waals surface area (Å²) in [7, 11) is 0. The van der Waals surface area contributed by atoms with Crippen LogP contribution in [0.15, 0.2) is 0 Å². The predicted molar refractivity (Wildman–Crippen MR) is 78.2 cm³/mol. The van der Waals surface area contributed by atoms with Gasteiger partial charge in [0.1, 0.15) is 0 Å². The van der Waals surface area contributed by atoms with E-state index in [0.29, 0.717) is 0 Å². The fraction of sp³-hybridized carbons (Fsp3) is 0.800. The molecule has 6 nitrogen and oxygen atoms in total. The molecule has 0 aromatic rings. The molecule has 0 rings (SSSR count). The van der Waals surface area contributed by atoms with Gasteiger partial charge in [-0.2, -0.15) is 0 Å². The minimum atomic E-state index is -0.333. The van der Waals surface area contributed by atoms with Crippen LogP contribution in [-0.2, 0) is 9.59 Å². The summed E-state index contributed by atoms with van der Waals surface area (Å²) in [5, 5.41) is 2.57. The molecule has 0 aliphatic carbocycles. The van der Waals surface area contributed by atoms with Gasteiger partial charge in [-0.15, -0.1) is 0 Å². The number of rotatable bonds is 1. The zero-order valence-electron chi connectivity index (χ0n) is 10.3. The summed E-state index contributed by atoms with van der Waals surface area (Å²) in [5.74, 6) is -0.294. The van der Waals surface area contributed by atoms with E-state index in [0.717, 1.165) is 13.1 Å². The number of nitrogens with two attached hydrogens (primary N) is 2. The molecule has 0 saturated heterocycles. The molecule has 8 N–H and O–H groups in total. The average Bonchev–Trinajstić information content (AvgIpc) is 1.86. The smallest absolute Gasteiger partial charge is 0.370 e. The summed E-state index contributed by atoms with van der Waals surface area (Å²) < 4.78 is 0. The van der Waals surface area contributed by atoms with Crippen LogP contribution in [-0.4, -0.2) is 62.6 Å². The van der Waals surface area contributed by atoms with E-state index in [9.17, 15) is 9.59 Å². The number of hydrogen-bond acceptors (Lipinski definition) is 4. The Morgan fingerprint density at radius 3 is 1.29 bits per heavy atom. The molecule has 0 unspecified atom stereocenters. The minimum Gasteiger partial charge on any atom is -0.370 e. The van der Waals surface area contributed by atoms with Gasteiger partial charge >= 0.3 is 37.7 Å². The number of primary amides is 1. The van der Waals surface area contributed by atoms with Gasteiger partial charge in [-0.25, -0.2) is 0 Å². The van der Waals surface area contributed by atoms with E-state index in [4.69, 9.17) is 5.73 Å². The van der Waals surface area contributed by atoms with Crippen LogP contribution in [0, 0.1) is 0 Å². The molecular formula is C10H32CaN4O2+2. The Morgan fingerprint density at radius 2 is 1.29 bits per heavy atom. The normalized spacial score (nSPS) is 5.24. The van der Waals surface area contributed by atoms with Crippen LogP contribution in [0.3, 0.4) is 0 Å². The molecule has 17 heavy (non-hydrogen) atoms. The van der Waals surface area contributed by atoms with E-state index < -0.39 is 0 Å². The van der Waals surface area contributed by atoms with Crippen LogP contribution in [0.5, 0.6) is 0 Å². The van der Waals surface area contributed by atoms with Gasteiger partial charge in [0.15, 0.2) is 0 Å². The molecule has 7 heteroatoms. The molecule has 0 aromatic carbocycles. The van der Waals surface area contributed by atoms with Crippen molar-refractivity contribution in [3.63, 3.8) is 0 Å². The molecule has 0 aromatic heterocycles. The Hall–Kier alpha value is 0.120. The number of amides is 2. The maximum absolute atomic E-state index is 9.93. The summed E-state index contributed by atoms with van der Waals surface area (Å²) in [4.78, 5) is 19.2. The standard InChI is InChI=1S/C4H9NO.C2H5NO.C2H7N.2CH4.Ca.H3N/c1-3-5-4(2)6;1-2(3)4;1-2-3;;;;/h3H2,1-2H3,(H,5,6);1H3,(H2,3,4);2-3H2,1H3;2*1H4;;1H3/q;;;;;+2;. The van der Waals surface area contributed by atoms with Crippen molar-refractivity contribution >= 4 is 49.6 Å². The monoisotopic (exact) mass is 280 g/mol. The van der Waals surface area contributed by atoms with E-state index in [-0.39, 0.29) is 70.6 Å². The first kappa shape index (κ1) is 43.4. The minimum absolute atomic E-state index is 0. The third-order valence-corrected chi connectivity index (χ3v) is 0.426. The molecule has 0 aliphatic rings. The van der Waals surface area contributed by atoms with Crippen molar-refractivity contribution in [1.29, 1.82) is 0 Å². The first-order chi connectivity index (χ1) is 5.92. The molecule has 0 fully saturated rings. The Balaban J connectivity index is -0.0000000166. The second kappa shape index (κ2) is 44.3. The van der Waals surface area contributed by atoms with Crippen molar-refractivity contribution in [2.45, 2.75) is 42.5 Å². The summed E-state index contributed by atoms with van der Waals surface area (Å²) >= 11 is 0. The van der Waals surface area contributed by atoms with E-state index in [1.54, 1.807) is 0 Å².